The zero-order chi connectivity index (χ0) is 14.3. The van der Waals surface area contributed by atoms with Crippen molar-refractivity contribution in [3.05, 3.63) is 0 Å². The van der Waals surface area contributed by atoms with Crippen LogP contribution in [-0.4, -0.2) is 53.5 Å². The van der Waals surface area contributed by atoms with Crippen molar-refractivity contribution in [2.75, 3.05) is 24.7 Å². The van der Waals surface area contributed by atoms with Gasteiger partial charge in [0.05, 0.1) is 12.6 Å². The van der Waals surface area contributed by atoms with E-state index in [0.717, 1.165) is 18.6 Å². The molecule has 6 heteroatoms. The van der Waals surface area contributed by atoms with E-state index in [-0.39, 0.29) is 11.9 Å². The maximum Gasteiger partial charge on any atom is 0.329 e. The zero-order valence-electron chi connectivity index (χ0n) is 11.8. The Morgan fingerprint density at radius 1 is 1.47 bits per heavy atom. The van der Waals surface area contributed by atoms with Crippen LogP contribution in [0, 0.1) is 0 Å². The summed E-state index contributed by atoms with van der Waals surface area (Å²) < 4.78 is 5.04. The molecule has 19 heavy (non-hydrogen) atoms. The van der Waals surface area contributed by atoms with Crippen LogP contribution < -0.4 is 5.73 Å². The maximum atomic E-state index is 12.3. The number of hydrogen-bond donors (Lipinski definition) is 1. The molecular formula is C13H24N2O3S. The molecule has 5 nitrogen and oxygen atoms in total. The molecule has 0 spiro atoms. The number of ether oxygens (including phenoxy) is 1. The highest BCUT2D eigenvalue weighted by molar-refractivity contribution is 7.99. The molecule has 0 saturated carbocycles. The number of carbonyl (C=O) groups is 2. The standard InChI is InChI=1S/C13H24N2O3S/c1-3-5-6-10(14)12(16)15-7-8-19-9-11(15)13(17)18-4-2/h10-11H,3-9,14H2,1-2H3. The van der Waals surface area contributed by atoms with Gasteiger partial charge < -0.3 is 15.4 Å². The predicted molar refractivity (Wildman–Crippen MR) is 77.0 cm³/mol. The molecule has 0 aliphatic carbocycles. The molecule has 1 saturated heterocycles. The van der Waals surface area contributed by atoms with Gasteiger partial charge in [-0.1, -0.05) is 19.8 Å². The molecule has 2 atom stereocenters. The van der Waals surface area contributed by atoms with Gasteiger partial charge in [-0.2, -0.15) is 11.8 Å². The average molecular weight is 288 g/mol. The maximum absolute atomic E-state index is 12.3. The monoisotopic (exact) mass is 288 g/mol. The van der Waals surface area contributed by atoms with Gasteiger partial charge in [0.25, 0.3) is 0 Å². The van der Waals surface area contributed by atoms with Gasteiger partial charge in [-0.25, -0.2) is 4.79 Å². The van der Waals surface area contributed by atoms with E-state index in [9.17, 15) is 9.59 Å². The number of hydrogen-bond acceptors (Lipinski definition) is 5. The summed E-state index contributed by atoms with van der Waals surface area (Å²) in [6, 6.07) is -0.973. The van der Waals surface area contributed by atoms with Crippen molar-refractivity contribution >= 4 is 23.6 Å². The summed E-state index contributed by atoms with van der Waals surface area (Å²) in [5.41, 5.74) is 5.92. The van der Waals surface area contributed by atoms with E-state index in [1.165, 1.54) is 0 Å². The first kappa shape index (κ1) is 16.3. The highest BCUT2D eigenvalue weighted by atomic mass is 32.2. The van der Waals surface area contributed by atoms with Gasteiger partial charge in [0.2, 0.25) is 5.91 Å². The Hall–Kier alpha value is -0.750. The second-order valence-corrected chi connectivity index (χ2v) is 5.77. The Labute approximate surface area is 119 Å². The Bertz CT molecular complexity index is 312. The molecule has 110 valence electrons. The third-order valence-corrected chi connectivity index (χ3v) is 4.18. The van der Waals surface area contributed by atoms with Crippen molar-refractivity contribution in [2.45, 2.75) is 45.2 Å². The topological polar surface area (TPSA) is 72.6 Å². The Balaban J connectivity index is 2.65. The molecule has 0 aromatic heterocycles. The lowest BCUT2D eigenvalue weighted by molar-refractivity contribution is -0.154. The van der Waals surface area contributed by atoms with Crippen LogP contribution in [0.2, 0.25) is 0 Å². The van der Waals surface area contributed by atoms with Gasteiger partial charge in [-0.15, -0.1) is 0 Å². The second kappa shape index (κ2) is 8.43. The van der Waals surface area contributed by atoms with Crippen LogP contribution in [-0.2, 0) is 14.3 Å². The summed E-state index contributed by atoms with van der Waals surface area (Å²) in [5, 5.41) is 0. The lowest BCUT2D eigenvalue weighted by Crippen LogP contribution is -2.55. The largest absolute Gasteiger partial charge is 0.464 e. The second-order valence-electron chi connectivity index (χ2n) is 4.62. The van der Waals surface area contributed by atoms with Gasteiger partial charge >= 0.3 is 5.97 Å². The van der Waals surface area contributed by atoms with Crippen molar-refractivity contribution in [3.63, 3.8) is 0 Å². The molecular weight excluding hydrogens is 264 g/mol. The fourth-order valence-electron chi connectivity index (χ4n) is 2.06. The number of unbranched alkanes of at least 4 members (excludes halogenated alkanes) is 1. The molecule has 1 aliphatic heterocycles. The SMILES string of the molecule is CCCCC(N)C(=O)N1CCSCC1C(=O)OCC. The molecule has 1 fully saturated rings. The minimum absolute atomic E-state index is 0.119. The summed E-state index contributed by atoms with van der Waals surface area (Å²) in [5.74, 6) is 1.02. The molecule has 0 radical (unpaired) electrons. The van der Waals surface area contributed by atoms with Crippen LogP contribution in [0.25, 0.3) is 0 Å². The molecule has 0 aromatic carbocycles. The quantitative estimate of drug-likeness (QED) is 0.739. The van der Waals surface area contributed by atoms with Crippen LogP contribution in [0.5, 0.6) is 0 Å². The van der Waals surface area contributed by atoms with E-state index >= 15 is 0 Å². The number of nitrogens with two attached hydrogens (primary N) is 1. The van der Waals surface area contributed by atoms with Gasteiger partial charge in [0, 0.05) is 18.1 Å². The van der Waals surface area contributed by atoms with E-state index in [1.807, 2.05) is 0 Å². The lowest BCUT2D eigenvalue weighted by Gasteiger charge is -2.35. The summed E-state index contributed by atoms with van der Waals surface area (Å²) >= 11 is 1.67. The number of esters is 1. The minimum Gasteiger partial charge on any atom is -0.464 e. The van der Waals surface area contributed by atoms with Crippen LogP contribution >= 0.6 is 11.8 Å². The number of thioether (sulfide) groups is 1. The van der Waals surface area contributed by atoms with Crippen molar-refractivity contribution in [1.82, 2.24) is 4.90 Å². The fourth-order valence-corrected chi connectivity index (χ4v) is 3.09. The first-order chi connectivity index (χ1) is 9.11. The summed E-state index contributed by atoms with van der Waals surface area (Å²) in [4.78, 5) is 25.8. The number of nitrogens with zero attached hydrogens (tertiary/aromatic N) is 1. The number of rotatable bonds is 6. The van der Waals surface area contributed by atoms with Gasteiger partial charge in [-0.05, 0) is 13.3 Å². The zero-order valence-corrected chi connectivity index (χ0v) is 12.6. The third-order valence-electron chi connectivity index (χ3n) is 3.16. The number of carbonyl (C=O) groups excluding carboxylic acids is 2. The van der Waals surface area contributed by atoms with Crippen molar-refractivity contribution in [3.8, 4) is 0 Å². The van der Waals surface area contributed by atoms with Crippen LogP contribution in [0.3, 0.4) is 0 Å². The minimum atomic E-state index is -0.500. The summed E-state index contributed by atoms with van der Waals surface area (Å²) in [7, 11) is 0. The van der Waals surface area contributed by atoms with E-state index < -0.39 is 12.1 Å². The van der Waals surface area contributed by atoms with Gasteiger partial charge in [-0.3, -0.25) is 4.79 Å². The van der Waals surface area contributed by atoms with Gasteiger partial charge in [0.15, 0.2) is 0 Å². The molecule has 0 aromatic rings. The molecule has 2 unspecified atom stereocenters. The molecule has 1 rings (SSSR count). The Kier molecular flexibility index (Phi) is 7.23. The molecule has 1 heterocycles. The van der Waals surface area contributed by atoms with Crippen molar-refractivity contribution < 1.29 is 14.3 Å². The summed E-state index contributed by atoms with van der Waals surface area (Å²) in [6.07, 6.45) is 2.62. The average Bonchev–Trinajstić information content (AvgIpc) is 2.44. The van der Waals surface area contributed by atoms with E-state index in [2.05, 4.69) is 6.92 Å². The normalized spacial score (nSPS) is 21.0. The van der Waals surface area contributed by atoms with Crippen LogP contribution in [0.1, 0.15) is 33.1 Å². The van der Waals surface area contributed by atoms with Gasteiger partial charge in [0.1, 0.15) is 6.04 Å². The smallest absolute Gasteiger partial charge is 0.329 e. The highest BCUT2D eigenvalue weighted by Gasteiger charge is 2.35. The predicted octanol–water partition coefficient (Wildman–Crippen LogP) is 1.01. The van der Waals surface area contributed by atoms with Crippen LogP contribution in [0.4, 0.5) is 0 Å². The highest BCUT2D eigenvalue weighted by Crippen LogP contribution is 2.19. The molecule has 1 aliphatic rings. The van der Waals surface area contributed by atoms with Crippen molar-refractivity contribution in [2.24, 2.45) is 5.73 Å². The number of amides is 1. The van der Waals surface area contributed by atoms with E-state index in [0.29, 0.717) is 25.3 Å². The summed E-state index contributed by atoms with van der Waals surface area (Å²) in [6.45, 7) is 4.75. The molecule has 2 N–H and O–H groups in total. The first-order valence-corrected chi connectivity index (χ1v) is 8.07. The molecule has 1 amide bonds. The first-order valence-electron chi connectivity index (χ1n) is 6.92. The van der Waals surface area contributed by atoms with E-state index in [1.54, 1.807) is 23.6 Å². The third kappa shape index (κ3) is 4.69. The van der Waals surface area contributed by atoms with Crippen LogP contribution in [0.15, 0.2) is 0 Å². The Morgan fingerprint density at radius 3 is 2.84 bits per heavy atom. The molecule has 0 bridgehead atoms. The van der Waals surface area contributed by atoms with E-state index in [4.69, 9.17) is 10.5 Å². The Morgan fingerprint density at radius 2 is 2.21 bits per heavy atom. The van der Waals surface area contributed by atoms with Crippen molar-refractivity contribution in [1.29, 1.82) is 0 Å². The lowest BCUT2D eigenvalue weighted by atomic mass is 10.1. The fraction of sp³-hybridized carbons (Fsp3) is 0.846.